The van der Waals surface area contributed by atoms with Gasteiger partial charge in [0.15, 0.2) is 0 Å². The van der Waals surface area contributed by atoms with Gasteiger partial charge in [-0.25, -0.2) is 9.18 Å². The molecular weight excluding hydrogens is 451 g/mol. The van der Waals surface area contributed by atoms with Crippen molar-refractivity contribution in [2.24, 2.45) is 0 Å². The molecule has 1 aliphatic rings. The number of aromatic nitrogens is 3. The van der Waals surface area contributed by atoms with Gasteiger partial charge in [-0.2, -0.15) is 8.78 Å². The van der Waals surface area contributed by atoms with Crippen LogP contribution >= 0.6 is 11.6 Å². The van der Waals surface area contributed by atoms with Crippen molar-refractivity contribution in [1.82, 2.24) is 20.1 Å². The highest BCUT2D eigenvalue weighted by atomic mass is 35.5. The Balaban J connectivity index is 1.58. The third kappa shape index (κ3) is 4.83. The molecule has 1 aliphatic heterocycles. The summed E-state index contributed by atoms with van der Waals surface area (Å²) >= 11 is 5.93. The molecule has 0 bridgehead atoms. The third-order valence-electron chi connectivity index (χ3n) is 4.74. The van der Waals surface area contributed by atoms with E-state index in [1.54, 1.807) is 11.0 Å². The molecule has 168 valence electrons. The van der Waals surface area contributed by atoms with Crippen LogP contribution in [0, 0.1) is 5.82 Å². The first-order chi connectivity index (χ1) is 15.4. The average molecular weight is 468 g/mol. The van der Waals surface area contributed by atoms with Gasteiger partial charge in [0.2, 0.25) is 0 Å². The van der Waals surface area contributed by atoms with Crippen molar-refractivity contribution in [2.75, 3.05) is 31.2 Å². The van der Waals surface area contributed by atoms with E-state index in [2.05, 4.69) is 15.2 Å². The van der Waals surface area contributed by atoms with E-state index >= 15 is 0 Å². The van der Waals surface area contributed by atoms with Gasteiger partial charge < -0.3 is 14.1 Å². The molecule has 0 radical (unpaired) electrons. The summed E-state index contributed by atoms with van der Waals surface area (Å²) in [5, 5.41) is 6.73. The lowest BCUT2D eigenvalue weighted by Gasteiger charge is -2.33. The Morgan fingerprint density at radius 2 is 1.97 bits per heavy atom. The number of pyridine rings is 1. The predicted octanol–water partition coefficient (Wildman–Crippen LogP) is 4.32. The number of alkyl halides is 2. The number of benzene rings is 1. The minimum Gasteiger partial charge on any atom is -0.414 e. The maximum atomic E-state index is 13.7. The monoisotopic (exact) mass is 467 g/mol. The number of rotatable bonds is 5. The fourth-order valence-electron chi connectivity index (χ4n) is 3.10. The molecule has 0 aliphatic carbocycles. The molecule has 4 rings (SSSR count). The van der Waals surface area contributed by atoms with Crippen LogP contribution in [-0.4, -0.2) is 52.4 Å². The van der Waals surface area contributed by atoms with Crippen molar-refractivity contribution < 1.29 is 27.1 Å². The Bertz CT molecular complexity index is 1090. The van der Waals surface area contributed by atoms with Crippen molar-refractivity contribution in [3.8, 4) is 11.6 Å². The molecule has 2 amide bonds. The third-order valence-corrected chi connectivity index (χ3v) is 5.03. The molecule has 0 atom stereocenters. The van der Waals surface area contributed by atoms with Gasteiger partial charge in [0.05, 0.1) is 24.8 Å². The molecule has 0 saturated carbocycles. The van der Waals surface area contributed by atoms with E-state index in [9.17, 15) is 18.0 Å². The lowest BCUT2D eigenvalue weighted by atomic mass is 10.2. The van der Waals surface area contributed by atoms with Gasteiger partial charge in [0.25, 0.3) is 11.8 Å². The smallest absolute Gasteiger partial charge is 0.324 e. The Morgan fingerprint density at radius 3 is 2.59 bits per heavy atom. The molecule has 1 aromatic carbocycles. The minimum atomic E-state index is -2.88. The number of morpholine rings is 1. The Hall–Kier alpha value is -3.18. The van der Waals surface area contributed by atoms with Gasteiger partial charge in [-0.3, -0.25) is 9.88 Å². The number of urea groups is 1. The van der Waals surface area contributed by atoms with Gasteiger partial charge in [0, 0.05) is 25.0 Å². The fourth-order valence-corrected chi connectivity index (χ4v) is 3.28. The maximum Gasteiger partial charge on any atom is 0.324 e. The molecule has 32 heavy (non-hydrogen) atoms. The first kappa shape index (κ1) is 22.0. The summed E-state index contributed by atoms with van der Waals surface area (Å²) in [5.74, 6) is -1.53. The highest BCUT2D eigenvalue weighted by Crippen LogP contribution is 2.26. The lowest BCUT2D eigenvalue weighted by molar-refractivity contribution is 0.0548. The number of anilines is 1. The number of halogens is 4. The molecular formula is C20H17ClF3N5O3. The Morgan fingerprint density at radius 1 is 1.19 bits per heavy atom. The van der Waals surface area contributed by atoms with Gasteiger partial charge in [-0.05, 0) is 29.8 Å². The topological polar surface area (TPSA) is 84.6 Å². The second-order valence-electron chi connectivity index (χ2n) is 6.86. The van der Waals surface area contributed by atoms with E-state index in [0.29, 0.717) is 37.6 Å². The van der Waals surface area contributed by atoms with Crippen LogP contribution in [0.4, 0.5) is 23.7 Å². The minimum absolute atomic E-state index is 0.109. The number of ether oxygens (including phenoxy) is 1. The lowest BCUT2D eigenvalue weighted by Crippen LogP contribution is -2.48. The molecule has 0 spiro atoms. The summed E-state index contributed by atoms with van der Waals surface area (Å²) in [6, 6.07) is 6.91. The van der Waals surface area contributed by atoms with Crippen LogP contribution in [0.15, 0.2) is 40.9 Å². The Labute approximate surface area is 185 Å². The Kier molecular flexibility index (Phi) is 6.56. The molecule has 3 heterocycles. The number of carbonyl (C=O) groups excluding carboxylic acids is 1. The number of carbonyl (C=O) groups is 1. The van der Waals surface area contributed by atoms with E-state index in [1.807, 2.05) is 0 Å². The summed E-state index contributed by atoms with van der Waals surface area (Å²) in [5.41, 5.74) is 1.25. The van der Waals surface area contributed by atoms with Crippen LogP contribution in [0.2, 0.25) is 5.02 Å². The molecule has 0 unspecified atom stereocenters. The number of nitrogens with zero attached hydrogens (tertiary/aromatic N) is 5. The van der Waals surface area contributed by atoms with E-state index in [1.165, 1.54) is 35.4 Å². The highest BCUT2D eigenvalue weighted by molar-refractivity contribution is 6.31. The van der Waals surface area contributed by atoms with Crippen LogP contribution in [0.5, 0.6) is 0 Å². The first-order valence-electron chi connectivity index (χ1n) is 9.58. The molecule has 1 saturated heterocycles. The van der Waals surface area contributed by atoms with Gasteiger partial charge in [-0.15, -0.1) is 10.2 Å². The molecule has 1 fully saturated rings. The van der Waals surface area contributed by atoms with E-state index in [-0.39, 0.29) is 29.2 Å². The quantitative estimate of drug-likeness (QED) is 0.555. The zero-order chi connectivity index (χ0) is 22.7. The van der Waals surface area contributed by atoms with E-state index in [0.717, 1.165) is 0 Å². The van der Waals surface area contributed by atoms with Gasteiger partial charge in [0.1, 0.15) is 11.5 Å². The van der Waals surface area contributed by atoms with Crippen LogP contribution < -0.4 is 4.90 Å². The summed E-state index contributed by atoms with van der Waals surface area (Å²) in [6.45, 7) is 1.79. The zero-order valence-electron chi connectivity index (χ0n) is 16.5. The molecule has 3 aromatic rings. The average Bonchev–Trinajstić information content (AvgIpc) is 3.31. The molecule has 2 aromatic heterocycles. The molecule has 12 heteroatoms. The highest BCUT2D eigenvalue weighted by Gasteiger charge is 2.25. The van der Waals surface area contributed by atoms with Gasteiger partial charge in [-0.1, -0.05) is 17.7 Å². The van der Waals surface area contributed by atoms with Crippen LogP contribution in [0.25, 0.3) is 11.6 Å². The van der Waals surface area contributed by atoms with E-state index in [4.69, 9.17) is 20.8 Å². The summed E-state index contributed by atoms with van der Waals surface area (Å²) < 4.78 is 49.2. The second-order valence-corrected chi connectivity index (χ2v) is 7.27. The van der Waals surface area contributed by atoms with Crippen molar-refractivity contribution in [1.29, 1.82) is 0 Å². The number of amides is 2. The van der Waals surface area contributed by atoms with Crippen molar-refractivity contribution in [3.05, 3.63) is 58.8 Å². The molecule has 0 N–H and O–H groups in total. The van der Waals surface area contributed by atoms with Crippen LogP contribution in [0.1, 0.15) is 17.9 Å². The van der Waals surface area contributed by atoms with Gasteiger partial charge >= 0.3 is 12.5 Å². The van der Waals surface area contributed by atoms with Crippen molar-refractivity contribution in [2.45, 2.75) is 13.0 Å². The van der Waals surface area contributed by atoms with Crippen LogP contribution in [-0.2, 0) is 11.3 Å². The molecule has 8 nitrogen and oxygen atoms in total. The predicted molar refractivity (Wildman–Crippen MR) is 108 cm³/mol. The summed E-state index contributed by atoms with van der Waals surface area (Å²) in [6.07, 6.45) is -1.41. The normalized spacial score (nSPS) is 14.1. The standard InChI is InChI=1S/C20H17ClF3N5O3/c21-14-9-13(2-3-15(14)22)29(20(30)28-5-7-31-8-6-28)11-12-1-4-16(25-10-12)18-26-27-19(32-18)17(23)24/h1-4,9-10,17H,5-8,11H2. The zero-order valence-corrected chi connectivity index (χ0v) is 17.3. The SMILES string of the molecule is O=C(N1CCOCC1)N(Cc1ccc(-c2nnc(C(F)F)o2)nc1)c1ccc(F)c(Cl)c1. The fraction of sp³-hybridized carbons (Fsp3) is 0.300. The number of hydrogen-bond donors (Lipinski definition) is 0. The van der Waals surface area contributed by atoms with E-state index < -0.39 is 18.1 Å². The van der Waals surface area contributed by atoms with Crippen molar-refractivity contribution in [3.63, 3.8) is 0 Å². The first-order valence-corrected chi connectivity index (χ1v) is 9.96. The maximum absolute atomic E-state index is 13.7. The van der Waals surface area contributed by atoms with Crippen molar-refractivity contribution >= 4 is 23.3 Å². The summed E-state index contributed by atoms with van der Waals surface area (Å²) in [4.78, 5) is 20.4. The largest absolute Gasteiger partial charge is 0.414 e. The van der Waals surface area contributed by atoms with Crippen LogP contribution in [0.3, 0.4) is 0 Å². The number of hydrogen-bond acceptors (Lipinski definition) is 6. The second kappa shape index (κ2) is 9.53. The summed E-state index contributed by atoms with van der Waals surface area (Å²) in [7, 11) is 0.